The Hall–Kier alpha value is -3.31. The van der Waals surface area contributed by atoms with Gasteiger partial charge in [-0.2, -0.15) is 0 Å². The molecule has 0 unspecified atom stereocenters. The van der Waals surface area contributed by atoms with Crippen molar-refractivity contribution < 1.29 is 25.6 Å². The van der Waals surface area contributed by atoms with Gasteiger partial charge >= 0.3 is 0 Å². The molecular formula is C23H21F2N3O4S2. The summed E-state index contributed by atoms with van der Waals surface area (Å²) in [7, 11) is -7.52. The van der Waals surface area contributed by atoms with E-state index in [0.29, 0.717) is 5.56 Å². The van der Waals surface area contributed by atoms with Crippen molar-refractivity contribution in [2.75, 3.05) is 11.6 Å². The first-order valence-corrected chi connectivity index (χ1v) is 13.5. The van der Waals surface area contributed by atoms with Crippen molar-refractivity contribution >= 4 is 31.5 Å². The van der Waals surface area contributed by atoms with Crippen LogP contribution >= 0.6 is 0 Å². The number of fused-ring (bicyclic) bond motifs is 1. The lowest BCUT2D eigenvalue weighted by atomic mass is 9.91. The number of benzene rings is 3. The molecule has 1 atom stereocenters. The van der Waals surface area contributed by atoms with E-state index in [2.05, 4.69) is 15.0 Å². The first kappa shape index (κ1) is 23.8. The molecule has 11 heteroatoms. The number of guanidine groups is 1. The molecule has 2 N–H and O–H groups in total. The SMILES string of the molecule is C[C@H](c1ccccc1F)c1c(F)ccc2c1NC(=NCc1cccc(S(C)(=O)=O)c1)NS2(=O)=O. The van der Waals surface area contributed by atoms with Gasteiger partial charge < -0.3 is 5.32 Å². The molecule has 3 aromatic carbocycles. The maximum absolute atomic E-state index is 15.0. The van der Waals surface area contributed by atoms with Crippen LogP contribution in [0.15, 0.2) is 75.4 Å². The Bertz CT molecular complexity index is 1520. The van der Waals surface area contributed by atoms with E-state index in [0.717, 1.165) is 18.4 Å². The molecule has 0 aromatic heterocycles. The lowest BCUT2D eigenvalue weighted by molar-refractivity contribution is 0.577. The summed E-state index contributed by atoms with van der Waals surface area (Å²) in [6.45, 7) is 1.54. The summed E-state index contributed by atoms with van der Waals surface area (Å²) in [4.78, 5) is 4.13. The van der Waals surface area contributed by atoms with Gasteiger partial charge in [-0.3, -0.25) is 0 Å². The van der Waals surface area contributed by atoms with Gasteiger partial charge in [-0.05, 0) is 41.5 Å². The normalized spacial score (nSPS) is 16.9. The molecule has 3 aromatic rings. The summed E-state index contributed by atoms with van der Waals surface area (Å²) in [6.07, 6.45) is 1.08. The van der Waals surface area contributed by atoms with Crippen molar-refractivity contribution in [2.24, 2.45) is 4.99 Å². The molecule has 4 rings (SSSR count). The van der Waals surface area contributed by atoms with Crippen LogP contribution in [-0.2, 0) is 26.4 Å². The van der Waals surface area contributed by atoms with Crippen LogP contribution in [0.25, 0.3) is 0 Å². The van der Waals surface area contributed by atoms with E-state index in [1.54, 1.807) is 25.1 Å². The van der Waals surface area contributed by atoms with Crippen molar-refractivity contribution in [3.8, 4) is 0 Å². The van der Waals surface area contributed by atoms with Crippen molar-refractivity contribution in [3.05, 3.63) is 89.0 Å². The number of hydrogen-bond donors (Lipinski definition) is 2. The molecule has 0 bridgehead atoms. The van der Waals surface area contributed by atoms with E-state index in [4.69, 9.17) is 0 Å². The Morgan fingerprint density at radius 1 is 1.00 bits per heavy atom. The van der Waals surface area contributed by atoms with Crippen LogP contribution in [0.2, 0.25) is 0 Å². The van der Waals surface area contributed by atoms with Crippen molar-refractivity contribution in [2.45, 2.75) is 29.2 Å². The highest BCUT2D eigenvalue weighted by Crippen LogP contribution is 2.38. The van der Waals surface area contributed by atoms with E-state index in [9.17, 15) is 25.6 Å². The molecule has 1 heterocycles. The molecule has 7 nitrogen and oxygen atoms in total. The lowest BCUT2D eigenvalue weighted by Crippen LogP contribution is -2.41. The van der Waals surface area contributed by atoms with Crippen molar-refractivity contribution in [1.82, 2.24) is 4.72 Å². The third-order valence-electron chi connectivity index (χ3n) is 5.47. The number of nitrogens with one attached hydrogen (secondary N) is 2. The number of aliphatic imine (C=N–C) groups is 1. The Morgan fingerprint density at radius 2 is 1.74 bits per heavy atom. The van der Waals surface area contributed by atoms with E-state index in [1.165, 1.54) is 30.3 Å². The van der Waals surface area contributed by atoms with Gasteiger partial charge in [0.25, 0.3) is 10.0 Å². The van der Waals surface area contributed by atoms with Gasteiger partial charge in [0.1, 0.15) is 16.5 Å². The van der Waals surface area contributed by atoms with Gasteiger partial charge in [0.2, 0.25) is 5.96 Å². The van der Waals surface area contributed by atoms with Crippen LogP contribution in [0.3, 0.4) is 0 Å². The third kappa shape index (κ3) is 4.66. The fraction of sp³-hybridized carbons (Fsp3) is 0.174. The average Bonchev–Trinajstić information content (AvgIpc) is 2.76. The number of hydrogen-bond acceptors (Lipinski definition) is 5. The van der Waals surface area contributed by atoms with Crippen LogP contribution in [0, 0.1) is 11.6 Å². The highest BCUT2D eigenvalue weighted by atomic mass is 32.2. The number of anilines is 1. The van der Waals surface area contributed by atoms with Crippen LogP contribution in [-0.4, -0.2) is 29.1 Å². The second-order valence-electron chi connectivity index (χ2n) is 7.89. The quantitative estimate of drug-likeness (QED) is 0.549. The average molecular weight is 506 g/mol. The van der Waals surface area contributed by atoms with E-state index in [1.807, 2.05) is 0 Å². The van der Waals surface area contributed by atoms with E-state index in [-0.39, 0.29) is 39.1 Å². The third-order valence-corrected chi connectivity index (χ3v) is 7.96. The predicted molar refractivity (Wildman–Crippen MR) is 125 cm³/mol. The van der Waals surface area contributed by atoms with E-state index < -0.39 is 37.4 Å². The van der Waals surface area contributed by atoms with Crippen LogP contribution in [0.1, 0.15) is 29.5 Å². The molecular weight excluding hydrogens is 484 g/mol. The molecule has 0 saturated heterocycles. The molecule has 0 saturated carbocycles. The minimum atomic E-state index is -4.09. The summed E-state index contributed by atoms with van der Waals surface area (Å²) >= 11 is 0. The summed E-state index contributed by atoms with van der Waals surface area (Å²) < 4.78 is 81.0. The first-order valence-electron chi connectivity index (χ1n) is 10.2. The van der Waals surface area contributed by atoms with Gasteiger partial charge in [-0.25, -0.2) is 35.3 Å². The molecule has 1 aliphatic heterocycles. The summed E-state index contributed by atoms with van der Waals surface area (Å²) in [5.41, 5.74) is 0.697. The molecule has 0 spiro atoms. The Morgan fingerprint density at radius 3 is 2.44 bits per heavy atom. The second kappa shape index (κ2) is 8.80. The number of nitrogens with zero attached hydrogens (tertiary/aromatic N) is 1. The molecule has 34 heavy (non-hydrogen) atoms. The fourth-order valence-corrected chi connectivity index (χ4v) is 5.62. The largest absolute Gasteiger partial charge is 0.324 e. The summed E-state index contributed by atoms with van der Waals surface area (Å²) in [5.74, 6) is -2.20. The second-order valence-corrected chi connectivity index (χ2v) is 11.6. The molecule has 178 valence electrons. The highest BCUT2D eigenvalue weighted by Gasteiger charge is 2.32. The van der Waals surface area contributed by atoms with Gasteiger partial charge in [0, 0.05) is 17.7 Å². The molecule has 0 amide bonds. The van der Waals surface area contributed by atoms with Gasteiger partial charge in [0.15, 0.2) is 9.84 Å². The van der Waals surface area contributed by atoms with Gasteiger partial charge in [-0.15, -0.1) is 0 Å². The number of sulfonamides is 1. The molecule has 0 radical (unpaired) electrons. The zero-order chi connectivity index (χ0) is 24.7. The monoisotopic (exact) mass is 505 g/mol. The maximum Gasteiger partial charge on any atom is 0.266 e. The minimum absolute atomic E-state index is 0.0144. The predicted octanol–water partition coefficient (Wildman–Crippen LogP) is 3.78. The van der Waals surface area contributed by atoms with Crippen LogP contribution < -0.4 is 10.0 Å². The number of sulfone groups is 1. The smallest absolute Gasteiger partial charge is 0.266 e. The first-order chi connectivity index (χ1) is 16.0. The van der Waals surface area contributed by atoms with Crippen LogP contribution in [0.5, 0.6) is 0 Å². The number of rotatable bonds is 5. The number of halogens is 2. The molecule has 0 aliphatic carbocycles. The zero-order valence-corrected chi connectivity index (χ0v) is 19.8. The Kier molecular flexibility index (Phi) is 6.17. The van der Waals surface area contributed by atoms with Crippen LogP contribution in [0.4, 0.5) is 14.5 Å². The van der Waals surface area contributed by atoms with E-state index >= 15 is 0 Å². The summed E-state index contributed by atoms with van der Waals surface area (Å²) in [6, 6.07) is 14.2. The zero-order valence-electron chi connectivity index (χ0n) is 18.2. The van der Waals surface area contributed by atoms with Crippen molar-refractivity contribution in [3.63, 3.8) is 0 Å². The lowest BCUT2D eigenvalue weighted by Gasteiger charge is -2.26. The van der Waals surface area contributed by atoms with Gasteiger partial charge in [-0.1, -0.05) is 37.3 Å². The van der Waals surface area contributed by atoms with Gasteiger partial charge in [0.05, 0.1) is 17.1 Å². The minimum Gasteiger partial charge on any atom is -0.324 e. The molecule has 0 fully saturated rings. The standard InChI is InChI=1S/C23H21F2N3O4S2/c1-14(17-8-3-4-9-18(17)24)21-19(25)10-11-20-22(21)27-23(28-34(20,31)32)26-13-15-6-5-7-16(12-15)33(2,29)30/h3-12,14H,13H2,1-2H3,(H2,26,27,28)/t14-/m1/s1. The van der Waals surface area contributed by atoms with Crippen molar-refractivity contribution in [1.29, 1.82) is 0 Å². The summed E-state index contributed by atoms with van der Waals surface area (Å²) in [5, 5.41) is 2.83. The Labute approximate surface area is 196 Å². The maximum atomic E-state index is 15.0. The fourth-order valence-electron chi connectivity index (χ4n) is 3.77. The topological polar surface area (TPSA) is 105 Å². The molecule has 1 aliphatic rings. The Balaban J connectivity index is 1.74. The highest BCUT2D eigenvalue weighted by molar-refractivity contribution is 7.90.